The zero-order valence-electron chi connectivity index (χ0n) is 18.4. The number of halogens is 1. The Bertz CT molecular complexity index is 1250. The van der Waals surface area contributed by atoms with Crippen molar-refractivity contribution in [2.24, 2.45) is 0 Å². The van der Waals surface area contributed by atoms with Gasteiger partial charge < -0.3 is 14.7 Å². The molecule has 168 valence electrons. The summed E-state index contributed by atoms with van der Waals surface area (Å²) in [5, 5.41) is 11.3. The predicted octanol–water partition coefficient (Wildman–Crippen LogP) is 5.29. The van der Waals surface area contributed by atoms with Crippen molar-refractivity contribution in [3.8, 4) is 11.5 Å². The average molecular weight is 461 g/mol. The smallest absolute Gasteiger partial charge is 0.231 e. The molecule has 0 spiro atoms. The van der Waals surface area contributed by atoms with Crippen LogP contribution in [0.25, 0.3) is 6.08 Å². The van der Waals surface area contributed by atoms with Crippen LogP contribution in [0.2, 0.25) is 5.02 Å². The number of Topliss-reactive ketones (excluding diaryl/α,β-unsaturated/α-hetero) is 1. The van der Waals surface area contributed by atoms with E-state index in [4.69, 9.17) is 16.3 Å². The molecule has 1 fully saturated rings. The zero-order valence-corrected chi connectivity index (χ0v) is 19.2. The standard InChI is InChI=1S/C27H25ClN2O3/c1-18-4-2-5-19(14-18)15-25-26(32)22-8-9-24(31)23(27(22)33-25)17-29-10-12-30(13-11-29)21-7-3-6-20(28)16-21/h2-9,14-16,31H,10-13,17H2,1H3/b25-15-. The predicted molar refractivity (Wildman–Crippen MR) is 131 cm³/mol. The molecule has 0 saturated carbocycles. The molecule has 2 aliphatic rings. The van der Waals surface area contributed by atoms with Gasteiger partial charge in [0, 0.05) is 43.4 Å². The number of ketones is 1. The van der Waals surface area contributed by atoms with Crippen molar-refractivity contribution in [2.75, 3.05) is 31.1 Å². The lowest BCUT2D eigenvalue weighted by atomic mass is 10.0. The highest BCUT2D eigenvalue weighted by Crippen LogP contribution is 2.40. The van der Waals surface area contributed by atoms with Gasteiger partial charge in [0.05, 0.1) is 11.1 Å². The van der Waals surface area contributed by atoms with Gasteiger partial charge in [0.2, 0.25) is 5.78 Å². The number of aromatic hydroxyl groups is 1. The van der Waals surface area contributed by atoms with E-state index in [9.17, 15) is 9.90 Å². The largest absolute Gasteiger partial charge is 0.507 e. The Balaban J connectivity index is 1.33. The number of carbonyl (C=O) groups is 1. The van der Waals surface area contributed by atoms with Crippen LogP contribution in [-0.4, -0.2) is 42.0 Å². The number of anilines is 1. The van der Waals surface area contributed by atoms with Crippen LogP contribution in [0.3, 0.4) is 0 Å². The first kappa shape index (κ1) is 21.6. The highest BCUT2D eigenvalue weighted by atomic mass is 35.5. The van der Waals surface area contributed by atoms with Gasteiger partial charge in [-0.05, 0) is 48.9 Å². The summed E-state index contributed by atoms with van der Waals surface area (Å²) in [6, 6.07) is 19.0. The number of phenols is 1. The first-order valence-electron chi connectivity index (χ1n) is 11.1. The van der Waals surface area contributed by atoms with E-state index in [1.54, 1.807) is 18.2 Å². The Morgan fingerprint density at radius 1 is 1.03 bits per heavy atom. The van der Waals surface area contributed by atoms with Crippen LogP contribution < -0.4 is 9.64 Å². The molecule has 0 atom stereocenters. The maximum atomic E-state index is 13.0. The van der Waals surface area contributed by atoms with E-state index in [1.165, 1.54) is 0 Å². The second-order valence-electron chi connectivity index (χ2n) is 8.54. The van der Waals surface area contributed by atoms with E-state index in [2.05, 4.69) is 15.9 Å². The summed E-state index contributed by atoms with van der Waals surface area (Å²) in [7, 11) is 0. The lowest BCUT2D eigenvalue weighted by Crippen LogP contribution is -2.46. The first-order chi connectivity index (χ1) is 16.0. The van der Waals surface area contributed by atoms with E-state index in [0.717, 1.165) is 48.0 Å². The summed E-state index contributed by atoms with van der Waals surface area (Å²) in [5.41, 5.74) is 4.30. The van der Waals surface area contributed by atoms with Crippen molar-refractivity contribution in [1.29, 1.82) is 0 Å². The van der Waals surface area contributed by atoms with Crippen molar-refractivity contribution in [3.63, 3.8) is 0 Å². The number of nitrogens with zero attached hydrogens (tertiary/aromatic N) is 2. The van der Waals surface area contributed by atoms with Crippen LogP contribution in [0.1, 0.15) is 27.0 Å². The van der Waals surface area contributed by atoms with Gasteiger partial charge in [-0.25, -0.2) is 0 Å². The molecule has 3 aromatic carbocycles. The lowest BCUT2D eigenvalue weighted by molar-refractivity contribution is 0.101. The van der Waals surface area contributed by atoms with E-state index >= 15 is 0 Å². The molecule has 1 saturated heterocycles. The first-order valence-corrected chi connectivity index (χ1v) is 11.4. The molecule has 6 heteroatoms. The summed E-state index contributed by atoms with van der Waals surface area (Å²) in [6.45, 7) is 5.90. The summed E-state index contributed by atoms with van der Waals surface area (Å²) in [5.74, 6) is 0.749. The monoisotopic (exact) mass is 460 g/mol. The Hall–Kier alpha value is -3.28. The Kier molecular flexibility index (Phi) is 5.83. The number of carbonyl (C=O) groups excluding carboxylic acids is 1. The van der Waals surface area contributed by atoms with Crippen molar-refractivity contribution in [2.45, 2.75) is 13.5 Å². The number of hydrogen-bond donors (Lipinski definition) is 1. The lowest BCUT2D eigenvalue weighted by Gasteiger charge is -2.36. The third-order valence-electron chi connectivity index (χ3n) is 6.18. The molecule has 0 amide bonds. The van der Waals surface area contributed by atoms with Crippen LogP contribution in [0.5, 0.6) is 11.5 Å². The zero-order chi connectivity index (χ0) is 22.9. The minimum Gasteiger partial charge on any atom is -0.507 e. The van der Waals surface area contributed by atoms with Gasteiger partial charge in [-0.1, -0.05) is 47.5 Å². The summed E-state index contributed by atoms with van der Waals surface area (Å²) < 4.78 is 6.02. The normalized spacial score (nSPS) is 17.3. The van der Waals surface area contributed by atoms with E-state index in [0.29, 0.717) is 23.4 Å². The van der Waals surface area contributed by atoms with Crippen LogP contribution in [-0.2, 0) is 6.54 Å². The Morgan fingerprint density at radius 3 is 2.58 bits per heavy atom. The second-order valence-corrected chi connectivity index (χ2v) is 8.97. The third kappa shape index (κ3) is 4.47. The highest BCUT2D eigenvalue weighted by molar-refractivity contribution is 6.30. The molecule has 0 aromatic heterocycles. The number of rotatable bonds is 4. The molecule has 2 aliphatic heterocycles. The quantitative estimate of drug-likeness (QED) is 0.536. The van der Waals surface area contributed by atoms with Crippen molar-refractivity contribution in [1.82, 2.24) is 4.90 Å². The van der Waals surface area contributed by atoms with Gasteiger partial charge in [-0.3, -0.25) is 9.69 Å². The van der Waals surface area contributed by atoms with Crippen molar-refractivity contribution >= 4 is 29.1 Å². The molecule has 33 heavy (non-hydrogen) atoms. The summed E-state index contributed by atoms with van der Waals surface area (Å²) in [6.07, 6.45) is 1.76. The highest BCUT2D eigenvalue weighted by Gasteiger charge is 2.32. The Labute approximate surface area is 198 Å². The van der Waals surface area contributed by atoms with Gasteiger partial charge in [-0.2, -0.15) is 0 Å². The molecule has 5 nitrogen and oxygen atoms in total. The molecule has 5 rings (SSSR count). The number of piperazine rings is 1. The van der Waals surface area contributed by atoms with Crippen LogP contribution >= 0.6 is 11.6 Å². The van der Waals surface area contributed by atoms with Crippen LogP contribution in [0.15, 0.2) is 66.4 Å². The molecular weight excluding hydrogens is 436 g/mol. The molecular formula is C27H25ClN2O3. The van der Waals surface area contributed by atoms with Gasteiger partial charge in [0.15, 0.2) is 5.76 Å². The summed E-state index contributed by atoms with van der Waals surface area (Å²) >= 11 is 6.14. The topological polar surface area (TPSA) is 53.0 Å². The van der Waals surface area contributed by atoms with E-state index < -0.39 is 0 Å². The average Bonchev–Trinajstić information content (AvgIpc) is 3.11. The minimum absolute atomic E-state index is 0.149. The number of hydrogen-bond acceptors (Lipinski definition) is 5. The molecule has 0 aliphatic carbocycles. The Morgan fingerprint density at radius 2 is 1.82 bits per heavy atom. The van der Waals surface area contributed by atoms with E-state index in [-0.39, 0.29) is 17.3 Å². The van der Waals surface area contributed by atoms with Gasteiger partial charge in [0.1, 0.15) is 11.5 Å². The number of phenolic OH excluding ortho intramolecular Hbond substituents is 1. The van der Waals surface area contributed by atoms with Gasteiger partial charge in [0.25, 0.3) is 0 Å². The molecule has 3 aromatic rings. The molecule has 2 heterocycles. The maximum absolute atomic E-state index is 13.0. The number of aryl methyl sites for hydroxylation is 1. The van der Waals surface area contributed by atoms with Gasteiger partial charge >= 0.3 is 0 Å². The number of fused-ring (bicyclic) bond motifs is 1. The fourth-order valence-electron chi connectivity index (χ4n) is 4.42. The third-order valence-corrected chi connectivity index (χ3v) is 6.42. The minimum atomic E-state index is -0.154. The van der Waals surface area contributed by atoms with Gasteiger partial charge in [-0.15, -0.1) is 0 Å². The molecule has 1 N–H and O–H groups in total. The van der Waals surface area contributed by atoms with Crippen molar-refractivity contribution < 1.29 is 14.6 Å². The molecule has 0 bridgehead atoms. The SMILES string of the molecule is Cc1cccc(/C=C2\Oc3c(ccc(O)c3CN3CCN(c4cccc(Cl)c4)CC3)C2=O)c1. The summed E-state index contributed by atoms with van der Waals surface area (Å²) in [4.78, 5) is 17.5. The number of allylic oxidation sites excluding steroid dienone is 1. The number of benzene rings is 3. The second kappa shape index (κ2) is 8.93. The van der Waals surface area contributed by atoms with Crippen LogP contribution in [0, 0.1) is 6.92 Å². The van der Waals surface area contributed by atoms with Crippen molar-refractivity contribution in [3.05, 3.63) is 93.7 Å². The van der Waals surface area contributed by atoms with Crippen LogP contribution in [0.4, 0.5) is 5.69 Å². The molecule has 0 radical (unpaired) electrons. The molecule has 0 unspecified atom stereocenters. The van der Waals surface area contributed by atoms with E-state index in [1.807, 2.05) is 49.4 Å². The maximum Gasteiger partial charge on any atom is 0.231 e. The fourth-order valence-corrected chi connectivity index (χ4v) is 4.61. The fraction of sp³-hybridized carbons (Fsp3) is 0.222. The number of ether oxygens (including phenoxy) is 1.